The molecule has 0 atom stereocenters. The van der Waals surface area contributed by atoms with E-state index in [0.717, 1.165) is 23.0 Å². The molecule has 0 heterocycles. The highest BCUT2D eigenvalue weighted by atomic mass is 16.3. The van der Waals surface area contributed by atoms with Crippen molar-refractivity contribution >= 4 is 22.7 Å². The van der Waals surface area contributed by atoms with Crippen LogP contribution in [0.4, 0.5) is 5.69 Å². The summed E-state index contributed by atoms with van der Waals surface area (Å²) >= 11 is 0. The van der Waals surface area contributed by atoms with E-state index in [2.05, 4.69) is 11.5 Å². The highest BCUT2D eigenvalue weighted by Crippen LogP contribution is 2.27. The first-order valence-corrected chi connectivity index (χ1v) is 5.69. The van der Waals surface area contributed by atoms with E-state index in [1.165, 1.54) is 0 Å². The molecule has 0 spiro atoms. The summed E-state index contributed by atoms with van der Waals surface area (Å²) in [4.78, 5) is 12.8. The van der Waals surface area contributed by atoms with Gasteiger partial charge in [-0.1, -0.05) is 12.1 Å². The molecule has 2 rings (SSSR count). The highest BCUT2D eigenvalue weighted by Gasteiger charge is 2.05. The van der Waals surface area contributed by atoms with E-state index in [9.17, 15) is 9.90 Å². The van der Waals surface area contributed by atoms with E-state index >= 15 is 0 Å². The summed E-state index contributed by atoms with van der Waals surface area (Å²) in [6, 6.07) is 9.21. The molecule has 0 saturated carbocycles. The van der Waals surface area contributed by atoms with Gasteiger partial charge in [0, 0.05) is 19.3 Å². The molecule has 0 amide bonds. The minimum absolute atomic E-state index is 0.0148. The summed E-state index contributed by atoms with van der Waals surface area (Å²) in [5.41, 5.74) is 1.36. The van der Waals surface area contributed by atoms with Gasteiger partial charge in [-0.2, -0.15) is 0 Å². The van der Waals surface area contributed by atoms with Crippen molar-refractivity contribution in [2.24, 2.45) is 0 Å². The summed E-state index contributed by atoms with van der Waals surface area (Å²) in [7, 11) is 1.97. The topological polar surface area (TPSA) is 40.5 Å². The van der Waals surface area contributed by atoms with Gasteiger partial charge in [0.05, 0.1) is 5.56 Å². The lowest BCUT2D eigenvalue weighted by Crippen LogP contribution is -2.16. The first kappa shape index (κ1) is 12.2. The van der Waals surface area contributed by atoms with Crippen molar-refractivity contribution in [3.8, 4) is 5.75 Å². The largest absolute Gasteiger partial charge is 0.507 e. The van der Waals surface area contributed by atoms with E-state index in [-0.39, 0.29) is 5.75 Å². The second-order valence-corrected chi connectivity index (χ2v) is 4.23. The summed E-state index contributed by atoms with van der Waals surface area (Å²) in [5, 5.41) is 11.5. The number of rotatable bonds is 4. The molecule has 0 unspecified atom stereocenters. The Morgan fingerprint density at radius 3 is 2.72 bits per heavy atom. The molecule has 1 N–H and O–H groups in total. The van der Waals surface area contributed by atoms with Gasteiger partial charge in [0.1, 0.15) is 5.75 Å². The molecule has 0 saturated heterocycles. The number of aldehydes is 1. The number of phenols is 1. The maximum Gasteiger partial charge on any atom is 0.153 e. The molecule has 3 nitrogen and oxygen atoms in total. The van der Waals surface area contributed by atoms with Gasteiger partial charge in [0.25, 0.3) is 0 Å². The molecule has 0 bridgehead atoms. The summed E-state index contributed by atoms with van der Waals surface area (Å²) < 4.78 is 0. The molecular weight excluding hydrogens is 226 g/mol. The average molecular weight is 241 g/mol. The van der Waals surface area contributed by atoms with Crippen LogP contribution >= 0.6 is 0 Å². The van der Waals surface area contributed by atoms with E-state index < -0.39 is 0 Å². The lowest BCUT2D eigenvalue weighted by atomic mass is 10.1. The van der Waals surface area contributed by atoms with Gasteiger partial charge < -0.3 is 10.0 Å². The molecule has 18 heavy (non-hydrogen) atoms. The predicted molar refractivity (Wildman–Crippen MR) is 74.5 cm³/mol. The molecule has 2 aromatic rings. The van der Waals surface area contributed by atoms with Crippen molar-refractivity contribution in [2.75, 3.05) is 18.5 Å². The number of carbonyl (C=O) groups is 1. The zero-order valence-corrected chi connectivity index (χ0v) is 10.3. The third-order valence-electron chi connectivity index (χ3n) is 2.94. The van der Waals surface area contributed by atoms with Gasteiger partial charge in [-0.25, -0.2) is 0 Å². The monoisotopic (exact) mass is 241 g/mol. The van der Waals surface area contributed by atoms with Crippen molar-refractivity contribution in [2.45, 2.75) is 0 Å². The fourth-order valence-electron chi connectivity index (χ4n) is 1.92. The van der Waals surface area contributed by atoms with Crippen molar-refractivity contribution in [3.05, 3.63) is 48.6 Å². The number of likely N-dealkylation sites (N-methyl/N-ethyl adjacent to an activating group) is 1. The molecule has 0 aliphatic rings. The number of nitrogens with zero attached hydrogens (tertiary/aromatic N) is 1. The van der Waals surface area contributed by atoms with Crippen molar-refractivity contribution in [1.29, 1.82) is 0 Å². The second kappa shape index (κ2) is 4.92. The summed E-state index contributed by atoms with van der Waals surface area (Å²) in [6.45, 7) is 4.46. The van der Waals surface area contributed by atoms with Gasteiger partial charge in [-0.15, -0.1) is 6.58 Å². The third kappa shape index (κ3) is 2.20. The minimum atomic E-state index is 0.0148. The van der Waals surface area contributed by atoms with Crippen molar-refractivity contribution < 1.29 is 9.90 Å². The molecule has 0 aliphatic heterocycles. The summed E-state index contributed by atoms with van der Waals surface area (Å²) in [6.07, 6.45) is 2.49. The molecule has 0 aliphatic carbocycles. The Hall–Kier alpha value is -2.29. The lowest BCUT2D eigenvalue weighted by molar-refractivity contribution is 0.112. The Labute approximate surface area is 106 Å². The lowest BCUT2D eigenvalue weighted by Gasteiger charge is -2.17. The van der Waals surface area contributed by atoms with Gasteiger partial charge in [0.2, 0.25) is 0 Å². The van der Waals surface area contributed by atoms with Crippen LogP contribution in [-0.2, 0) is 0 Å². The maximum atomic E-state index is 10.8. The maximum absolute atomic E-state index is 10.8. The van der Waals surface area contributed by atoms with Gasteiger partial charge in [0.15, 0.2) is 6.29 Å². The second-order valence-electron chi connectivity index (χ2n) is 4.23. The van der Waals surface area contributed by atoms with E-state index in [4.69, 9.17) is 0 Å². The van der Waals surface area contributed by atoms with E-state index in [1.807, 2.05) is 31.3 Å². The average Bonchev–Trinajstić information content (AvgIpc) is 2.37. The van der Waals surface area contributed by atoms with Gasteiger partial charge in [-0.05, 0) is 35.0 Å². The standard InChI is InChI=1S/C15H15NO2/c1-3-6-16(2)14-5-4-11-7-13(10-17)15(18)9-12(11)8-14/h3-5,7-10,18H,1,6H2,2H3. The predicted octanol–water partition coefficient (Wildman–Crippen LogP) is 2.98. The van der Waals surface area contributed by atoms with Crippen molar-refractivity contribution in [1.82, 2.24) is 0 Å². The minimum Gasteiger partial charge on any atom is -0.507 e. The number of benzene rings is 2. The zero-order chi connectivity index (χ0) is 13.1. The number of phenolic OH excluding ortho intramolecular Hbond substituents is 1. The Morgan fingerprint density at radius 1 is 1.28 bits per heavy atom. The van der Waals surface area contributed by atoms with Crippen LogP contribution in [0, 0.1) is 0 Å². The van der Waals surface area contributed by atoms with Crippen LogP contribution in [-0.4, -0.2) is 25.0 Å². The number of carbonyl (C=O) groups excluding carboxylic acids is 1. The number of hydrogen-bond acceptors (Lipinski definition) is 3. The van der Waals surface area contributed by atoms with E-state index in [1.54, 1.807) is 12.1 Å². The molecule has 92 valence electrons. The Morgan fingerprint density at radius 2 is 2.06 bits per heavy atom. The normalized spacial score (nSPS) is 10.3. The molecule has 0 fully saturated rings. The zero-order valence-electron chi connectivity index (χ0n) is 10.3. The molecular formula is C15H15NO2. The van der Waals surface area contributed by atoms with Crippen LogP contribution in [0.1, 0.15) is 10.4 Å². The van der Waals surface area contributed by atoms with Crippen LogP contribution in [0.25, 0.3) is 10.8 Å². The molecule has 0 radical (unpaired) electrons. The van der Waals surface area contributed by atoms with E-state index in [0.29, 0.717) is 11.8 Å². The number of fused-ring (bicyclic) bond motifs is 1. The number of aromatic hydroxyl groups is 1. The first-order valence-electron chi connectivity index (χ1n) is 5.69. The van der Waals surface area contributed by atoms with Gasteiger partial charge >= 0.3 is 0 Å². The quantitative estimate of drug-likeness (QED) is 0.661. The van der Waals surface area contributed by atoms with Crippen LogP contribution in [0.2, 0.25) is 0 Å². The highest BCUT2D eigenvalue weighted by molar-refractivity contribution is 5.93. The Kier molecular flexibility index (Phi) is 3.33. The van der Waals surface area contributed by atoms with Gasteiger partial charge in [-0.3, -0.25) is 4.79 Å². The smallest absolute Gasteiger partial charge is 0.153 e. The van der Waals surface area contributed by atoms with Crippen LogP contribution in [0.3, 0.4) is 0 Å². The SMILES string of the molecule is C=CCN(C)c1ccc2cc(C=O)c(O)cc2c1. The fraction of sp³-hybridized carbons (Fsp3) is 0.133. The summed E-state index contributed by atoms with van der Waals surface area (Å²) in [5.74, 6) is 0.0148. The number of hydrogen-bond donors (Lipinski definition) is 1. The van der Waals surface area contributed by atoms with Crippen molar-refractivity contribution in [3.63, 3.8) is 0 Å². The molecule has 0 aromatic heterocycles. The molecule has 2 aromatic carbocycles. The Bertz CT molecular complexity index is 605. The molecule has 3 heteroatoms. The number of anilines is 1. The third-order valence-corrected chi connectivity index (χ3v) is 2.94. The first-order chi connectivity index (χ1) is 8.65. The van der Waals surface area contributed by atoms with Crippen LogP contribution in [0.15, 0.2) is 43.0 Å². The van der Waals surface area contributed by atoms with Crippen LogP contribution < -0.4 is 4.90 Å². The Balaban J connectivity index is 2.51. The fourth-order valence-corrected chi connectivity index (χ4v) is 1.92. The van der Waals surface area contributed by atoms with Crippen LogP contribution in [0.5, 0.6) is 5.75 Å².